The van der Waals surface area contributed by atoms with Crippen LogP contribution < -0.4 is 0 Å². The van der Waals surface area contributed by atoms with Gasteiger partial charge in [-0.05, 0) is 68.2 Å². The van der Waals surface area contributed by atoms with Crippen LogP contribution in [0.2, 0.25) is 0 Å². The summed E-state index contributed by atoms with van der Waals surface area (Å²) in [5.74, 6) is 2.08. The zero-order chi connectivity index (χ0) is 19.6. The van der Waals surface area contributed by atoms with Gasteiger partial charge in [0.15, 0.2) is 0 Å². The second kappa shape index (κ2) is 8.61. The van der Waals surface area contributed by atoms with Crippen LogP contribution in [0.5, 0.6) is 0 Å². The maximum absolute atomic E-state index is 12.9. The molecule has 1 aromatic rings. The lowest BCUT2D eigenvalue weighted by molar-refractivity contribution is -0.137. The largest absolute Gasteiger partial charge is 0.381 e. The summed E-state index contributed by atoms with van der Waals surface area (Å²) in [5.41, 5.74) is 2.86. The molecule has 3 heterocycles. The van der Waals surface area contributed by atoms with E-state index in [4.69, 9.17) is 4.74 Å². The Morgan fingerprint density at radius 2 is 1.76 bits per heavy atom. The van der Waals surface area contributed by atoms with Gasteiger partial charge in [-0.3, -0.25) is 4.79 Å². The van der Waals surface area contributed by atoms with Gasteiger partial charge in [0.25, 0.3) is 0 Å². The normalized spacial score (nSPS) is 30.2. The highest BCUT2D eigenvalue weighted by atomic mass is 16.5. The number of ether oxygens (including phenoxy) is 1. The summed E-state index contributed by atoms with van der Waals surface area (Å²) in [6.07, 6.45) is 10.4. The highest BCUT2D eigenvalue weighted by Crippen LogP contribution is 2.43. The zero-order valence-electron chi connectivity index (χ0n) is 17.5. The first-order valence-electron chi connectivity index (χ1n) is 11.6. The quantitative estimate of drug-likeness (QED) is 0.717. The maximum Gasteiger partial charge on any atom is 0.225 e. The summed E-state index contributed by atoms with van der Waals surface area (Å²) in [6, 6.07) is 9.32. The molecule has 4 nitrogen and oxygen atoms in total. The molecule has 1 aromatic carbocycles. The summed E-state index contributed by atoms with van der Waals surface area (Å²) in [5, 5.41) is 0. The molecule has 3 fully saturated rings. The SMILES string of the molecule is O=C(C1CCOCC1)N1C[C@H]2[C@H](C=C[C@H]2c2ccc(CCN3CCCC3)cc2)C1. The molecule has 5 rings (SSSR count). The van der Waals surface area contributed by atoms with Crippen LogP contribution in [0, 0.1) is 17.8 Å². The predicted molar refractivity (Wildman–Crippen MR) is 115 cm³/mol. The minimum atomic E-state index is 0.180. The fourth-order valence-corrected chi connectivity index (χ4v) is 5.78. The van der Waals surface area contributed by atoms with Gasteiger partial charge >= 0.3 is 0 Å². The van der Waals surface area contributed by atoms with E-state index in [2.05, 4.69) is 46.2 Å². The third-order valence-electron chi connectivity index (χ3n) is 7.60. The summed E-state index contributed by atoms with van der Waals surface area (Å²) >= 11 is 0. The highest BCUT2D eigenvalue weighted by molar-refractivity contribution is 5.79. The summed E-state index contributed by atoms with van der Waals surface area (Å²) in [6.45, 7) is 7.04. The summed E-state index contributed by atoms with van der Waals surface area (Å²) < 4.78 is 5.43. The van der Waals surface area contributed by atoms with Crippen LogP contribution in [-0.2, 0) is 16.0 Å². The van der Waals surface area contributed by atoms with Gasteiger partial charge in [0, 0.05) is 44.7 Å². The van der Waals surface area contributed by atoms with E-state index in [0.717, 1.165) is 45.6 Å². The average molecular weight is 395 g/mol. The number of rotatable bonds is 5. The van der Waals surface area contributed by atoms with Crippen LogP contribution in [0.15, 0.2) is 36.4 Å². The molecule has 0 saturated carbocycles. The monoisotopic (exact) mass is 394 g/mol. The van der Waals surface area contributed by atoms with Crippen molar-refractivity contribution in [1.82, 2.24) is 9.80 Å². The maximum atomic E-state index is 12.9. The summed E-state index contributed by atoms with van der Waals surface area (Å²) in [4.78, 5) is 17.7. The second-order valence-corrected chi connectivity index (χ2v) is 9.41. The van der Waals surface area contributed by atoms with Gasteiger partial charge in [-0.2, -0.15) is 0 Å². The van der Waals surface area contributed by atoms with Gasteiger partial charge in [-0.15, -0.1) is 0 Å². The molecule has 3 aliphatic heterocycles. The van der Waals surface area contributed by atoms with Crippen molar-refractivity contribution in [2.75, 3.05) is 45.9 Å². The third-order valence-corrected chi connectivity index (χ3v) is 7.60. The molecule has 0 aromatic heterocycles. The molecule has 29 heavy (non-hydrogen) atoms. The van der Waals surface area contributed by atoms with Gasteiger partial charge in [-0.1, -0.05) is 36.4 Å². The molecule has 3 saturated heterocycles. The van der Waals surface area contributed by atoms with E-state index in [9.17, 15) is 4.79 Å². The lowest BCUT2D eigenvalue weighted by Crippen LogP contribution is -2.37. The van der Waals surface area contributed by atoms with Crippen LogP contribution in [0.3, 0.4) is 0 Å². The second-order valence-electron chi connectivity index (χ2n) is 9.41. The number of hydrogen-bond acceptors (Lipinski definition) is 3. The van der Waals surface area contributed by atoms with Crippen LogP contribution in [0.25, 0.3) is 0 Å². The van der Waals surface area contributed by atoms with Gasteiger partial charge in [-0.25, -0.2) is 0 Å². The van der Waals surface area contributed by atoms with Gasteiger partial charge in [0.2, 0.25) is 5.91 Å². The van der Waals surface area contributed by atoms with Crippen LogP contribution in [0.1, 0.15) is 42.7 Å². The van der Waals surface area contributed by atoms with Gasteiger partial charge in [0.1, 0.15) is 0 Å². The van der Waals surface area contributed by atoms with Crippen molar-refractivity contribution in [2.24, 2.45) is 17.8 Å². The Hall–Kier alpha value is -1.65. The Kier molecular flexibility index (Phi) is 5.74. The molecule has 0 radical (unpaired) electrons. The minimum Gasteiger partial charge on any atom is -0.381 e. The molecule has 156 valence electrons. The number of benzene rings is 1. The molecule has 0 bridgehead atoms. The molecule has 3 atom stereocenters. The van der Waals surface area contributed by atoms with Crippen LogP contribution in [0.4, 0.5) is 0 Å². The lowest BCUT2D eigenvalue weighted by atomic mass is 9.85. The van der Waals surface area contributed by atoms with Gasteiger partial charge in [0.05, 0.1) is 0 Å². The van der Waals surface area contributed by atoms with E-state index < -0.39 is 0 Å². The average Bonchev–Trinajstić information content (AvgIpc) is 3.50. The minimum absolute atomic E-state index is 0.180. The van der Waals surface area contributed by atoms with E-state index in [1.165, 1.54) is 43.6 Å². The van der Waals surface area contributed by atoms with Crippen molar-refractivity contribution in [1.29, 1.82) is 0 Å². The molecule has 4 aliphatic rings. The third kappa shape index (κ3) is 4.15. The molecule has 0 unspecified atom stereocenters. The molecular weight excluding hydrogens is 360 g/mol. The summed E-state index contributed by atoms with van der Waals surface area (Å²) in [7, 11) is 0. The Morgan fingerprint density at radius 1 is 1.00 bits per heavy atom. The van der Waals surface area contributed by atoms with E-state index >= 15 is 0 Å². The fraction of sp³-hybridized carbons (Fsp3) is 0.640. The van der Waals surface area contributed by atoms with Gasteiger partial charge < -0.3 is 14.5 Å². The smallest absolute Gasteiger partial charge is 0.225 e. The molecule has 4 heteroatoms. The number of carbonyl (C=O) groups excluding carboxylic acids is 1. The number of hydrogen-bond donors (Lipinski definition) is 0. The number of amides is 1. The van der Waals surface area contributed by atoms with Crippen molar-refractivity contribution in [3.8, 4) is 0 Å². The van der Waals surface area contributed by atoms with Crippen LogP contribution >= 0.6 is 0 Å². The molecule has 1 amide bonds. The Balaban J connectivity index is 1.19. The molecule has 0 N–H and O–H groups in total. The fourth-order valence-electron chi connectivity index (χ4n) is 5.78. The Bertz CT molecular complexity index is 732. The van der Waals surface area contributed by atoms with Crippen LogP contribution in [-0.4, -0.2) is 61.6 Å². The Labute approximate surface area is 174 Å². The van der Waals surface area contributed by atoms with E-state index in [1.807, 2.05) is 0 Å². The number of allylic oxidation sites excluding steroid dienone is 1. The number of likely N-dealkylation sites (tertiary alicyclic amines) is 2. The number of carbonyl (C=O) groups is 1. The standard InChI is InChI=1S/C25H34N2O2/c28-25(21-10-15-29-16-11-21)27-17-22-7-8-23(24(22)18-27)20-5-3-19(4-6-20)9-14-26-12-1-2-13-26/h3-8,21-24H,1-2,9-18H2/t22-,23+,24+/m1/s1. The first-order valence-corrected chi connectivity index (χ1v) is 11.6. The number of nitrogens with zero attached hydrogens (tertiary/aromatic N) is 2. The zero-order valence-corrected chi connectivity index (χ0v) is 17.5. The first kappa shape index (κ1) is 19.3. The topological polar surface area (TPSA) is 32.8 Å². The van der Waals surface area contributed by atoms with E-state index in [-0.39, 0.29) is 5.92 Å². The lowest BCUT2D eigenvalue weighted by Gasteiger charge is -2.27. The highest BCUT2D eigenvalue weighted by Gasteiger charge is 2.42. The van der Waals surface area contributed by atoms with E-state index in [0.29, 0.717) is 23.7 Å². The van der Waals surface area contributed by atoms with Crippen molar-refractivity contribution >= 4 is 5.91 Å². The predicted octanol–water partition coefficient (Wildman–Crippen LogP) is 3.48. The first-order chi connectivity index (χ1) is 14.3. The van der Waals surface area contributed by atoms with Crippen molar-refractivity contribution in [3.63, 3.8) is 0 Å². The van der Waals surface area contributed by atoms with Crippen molar-refractivity contribution in [3.05, 3.63) is 47.5 Å². The molecule has 0 spiro atoms. The number of fused-ring (bicyclic) bond motifs is 1. The molecule has 1 aliphatic carbocycles. The van der Waals surface area contributed by atoms with Crippen molar-refractivity contribution in [2.45, 2.75) is 38.0 Å². The van der Waals surface area contributed by atoms with E-state index in [1.54, 1.807) is 0 Å². The molecular formula is C25H34N2O2. The Morgan fingerprint density at radius 3 is 2.52 bits per heavy atom. The van der Waals surface area contributed by atoms with Crippen molar-refractivity contribution < 1.29 is 9.53 Å².